The summed E-state index contributed by atoms with van der Waals surface area (Å²) in [5.41, 5.74) is 1.08. The number of aliphatic hydroxyl groups excluding tert-OH is 1. The van der Waals surface area contributed by atoms with E-state index in [4.69, 9.17) is 4.74 Å². The molecular weight excluding hydrogens is 266 g/mol. The first-order valence-corrected chi connectivity index (χ1v) is 7.71. The van der Waals surface area contributed by atoms with Crippen molar-refractivity contribution in [2.75, 3.05) is 6.61 Å². The molecule has 4 heteroatoms. The maximum atomic E-state index is 12.6. The quantitative estimate of drug-likeness (QED) is 0.877. The lowest BCUT2D eigenvalue weighted by Gasteiger charge is -2.31. The summed E-state index contributed by atoms with van der Waals surface area (Å²) in [6.07, 6.45) is 1.46. The number of hydrogen-bond donors (Lipinski definition) is 2. The number of carbonyl (C=O) groups is 1. The third-order valence-corrected chi connectivity index (χ3v) is 4.82. The topological polar surface area (TPSA) is 58.6 Å². The van der Waals surface area contributed by atoms with Gasteiger partial charge < -0.3 is 15.2 Å². The second kappa shape index (κ2) is 6.06. The van der Waals surface area contributed by atoms with Gasteiger partial charge >= 0.3 is 0 Å². The Hall–Kier alpha value is -1.55. The summed E-state index contributed by atoms with van der Waals surface area (Å²) in [5, 5.41) is 12.6. The number of ether oxygens (including phenoxy) is 1. The van der Waals surface area contributed by atoms with Crippen LogP contribution in [0.1, 0.15) is 62.4 Å². The van der Waals surface area contributed by atoms with E-state index in [-0.39, 0.29) is 24.5 Å². The molecule has 1 heterocycles. The molecular formula is C17H25NO3. The minimum absolute atomic E-state index is 0.0611. The van der Waals surface area contributed by atoms with Gasteiger partial charge in [0.25, 0.3) is 5.91 Å². The Balaban J connectivity index is 2.30. The number of hydrogen-bond acceptors (Lipinski definition) is 3. The van der Waals surface area contributed by atoms with Gasteiger partial charge in [-0.15, -0.1) is 0 Å². The van der Waals surface area contributed by atoms with Crippen molar-refractivity contribution in [3.8, 4) is 5.75 Å². The fraction of sp³-hybridized carbons (Fsp3) is 0.588. The van der Waals surface area contributed by atoms with E-state index < -0.39 is 5.54 Å². The lowest BCUT2D eigenvalue weighted by Crippen LogP contribution is -2.50. The fourth-order valence-corrected chi connectivity index (χ4v) is 2.76. The summed E-state index contributed by atoms with van der Waals surface area (Å²) in [6, 6.07) is 5.69. The average molecular weight is 291 g/mol. The van der Waals surface area contributed by atoms with Crippen molar-refractivity contribution in [3.63, 3.8) is 0 Å². The molecule has 2 rings (SSSR count). The average Bonchev–Trinajstić information content (AvgIpc) is 2.80. The van der Waals surface area contributed by atoms with Gasteiger partial charge in [0.05, 0.1) is 17.7 Å². The molecule has 1 aliphatic rings. The van der Waals surface area contributed by atoms with Crippen LogP contribution in [0, 0.1) is 0 Å². The van der Waals surface area contributed by atoms with Crippen molar-refractivity contribution >= 4 is 5.91 Å². The van der Waals surface area contributed by atoms with E-state index in [0.29, 0.717) is 24.2 Å². The monoisotopic (exact) mass is 291 g/mol. The van der Waals surface area contributed by atoms with Gasteiger partial charge in [-0.05, 0) is 25.8 Å². The van der Waals surface area contributed by atoms with Crippen LogP contribution in [0.2, 0.25) is 0 Å². The SMILES string of the molecule is CCC(CC)(CO)NC(=O)c1cccc2c1OC(C)C2C. The van der Waals surface area contributed by atoms with Gasteiger partial charge in [-0.2, -0.15) is 0 Å². The molecule has 0 spiro atoms. The predicted molar refractivity (Wildman–Crippen MR) is 82.8 cm³/mol. The number of benzene rings is 1. The summed E-state index contributed by atoms with van der Waals surface area (Å²) < 4.78 is 5.86. The smallest absolute Gasteiger partial charge is 0.255 e. The standard InChI is InChI=1S/C17H25NO3/c1-5-17(6-2,10-19)18-16(20)14-9-7-8-13-11(3)12(4)21-15(13)14/h7-9,11-12,19H,5-6,10H2,1-4H3,(H,18,20). The van der Waals surface area contributed by atoms with Crippen molar-refractivity contribution in [2.24, 2.45) is 0 Å². The largest absolute Gasteiger partial charge is 0.489 e. The highest BCUT2D eigenvalue weighted by atomic mass is 16.5. The van der Waals surface area contributed by atoms with E-state index in [1.54, 1.807) is 6.07 Å². The second-order valence-electron chi connectivity index (χ2n) is 5.94. The number of amides is 1. The Morgan fingerprint density at radius 2 is 2.00 bits per heavy atom. The number of para-hydroxylation sites is 1. The number of fused-ring (bicyclic) bond motifs is 1. The first kappa shape index (κ1) is 15.8. The zero-order chi connectivity index (χ0) is 15.6. The van der Waals surface area contributed by atoms with Gasteiger partial charge in [0.1, 0.15) is 11.9 Å². The van der Waals surface area contributed by atoms with Gasteiger partial charge in [-0.1, -0.05) is 32.9 Å². The summed E-state index contributed by atoms with van der Waals surface area (Å²) >= 11 is 0. The van der Waals surface area contributed by atoms with E-state index in [9.17, 15) is 9.90 Å². The van der Waals surface area contributed by atoms with Crippen LogP contribution in [0.4, 0.5) is 0 Å². The number of rotatable bonds is 5. The number of carbonyl (C=O) groups excluding carboxylic acids is 1. The number of nitrogens with one attached hydrogen (secondary N) is 1. The zero-order valence-corrected chi connectivity index (χ0v) is 13.3. The Kier molecular flexibility index (Phi) is 4.57. The molecule has 0 aromatic heterocycles. The molecule has 0 aliphatic carbocycles. The van der Waals surface area contributed by atoms with E-state index in [0.717, 1.165) is 5.56 Å². The third kappa shape index (κ3) is 2.77. The summed E-state index contributed by atoms with van der Waals surface area (Å²) in [5.74, 6) is 0.799. The highest BCUT2D eigenvalue weighted by molar-refractivity contribution is 5.98. The highest BCUT2D eigenvalue weighted by Crippen LogP contribution is 2.40. The lowest BCUT2D eigenvalue weighted by molar-refractivity contribution is 0.0813. The van der Waals surface area contributed by atoms with Crippen molar-refractivity contribution in [3.05, 3.63) is 29.3 Å². The van der Waals surface area contributed by atoms with Crippen molar-refractivity contribution in [2.45, 2.75) is 58.1 Å². The second-order valence-corrected chi connectivity index (χ2v) is 5.94. The zero-order valence-electron chi connectivity index (χ0n) is 13.3. The van der Waals surface area contributed by atoms with Crippen molar-refractivity contribution in [1.29, 1.82) is 0 Å². The van der Waals surface area contributed by atoms with E-state index in [2.05, 4.69) is 12.2 Å². The Bertz CT molecular complexity index is 515. The van der Waals surface area contributed by atoms with Crippen LogP contribution in [-0.4, -0.2) is 29.3 Å². The van der Waals surface area contributed by atoms with Crippen LogP contribution in [0.15, 0.2) is 18.2 Å². The van der Waals surface area contributed by atoms with E-state index in [1.165, 1.54) is 0 Å². The van der Waals surface area contributed by atoms with Gasteiger partial charge in [-0.3, -0.25) is 4.79 Å². The summed E-state index contributed by atoms with van der Waals surface area (Å²) in [7, 11) is 0. The third-order valence-electron chi connectivity index (χ3n) is 4.82. The Morgan fingerprint density at radius 3 is 2.57 bits per heavy atom. The molecule has 4 nitrogen and oxygen atoms in total. The molecule has 1 aromatic rings. The normalized spacial score (nSPS) is 20.8. The van der Waals surface area contributed by atoms with Crippen LogP contribution in [0.25, 0.3) is 0 Å². The van der Waals surface area contributed by atoms with E-state index >= 15 is 0 Å². The Morgan fingerprint density at radius 1 is 1.33 bits per heavy atom. The first-order chi connectivity index (χ1) is 9.98. The molecule has 0 bridgehead atoms. The molecule has 0 saturated carbocycles. The van der Waals surface area contributed by atoms with Gasteiger partial charge in [0, 0.05) is 11.5 Å². The lowest BCUT2D eigenvalue weighted by atomic mass is 9.92. The van der Waals surface area contributed by atoms with Crippen molar-refractivity contribution in [1.82, 2.24) is 5.32 Å². The number of aliphatic hydroxyl groups is 1. The maximum Gasteiger partial charge on any atom is 0.255 e. The van der Waals surface area contributed by atoms with Gasteiger partial charge in [-0.25, -0.2) is 0 Å². The molecule has 2 atom stereocenters. The first-order valence-electron chi connectivity index (χ1n) is 7.71. The van der Waals surface area contributed by atoms with Crippen LogP contribution >= 0.6 is 0 Å². The molecule has 116 valence electrons. The molecule has 1 amide bonds. The molecule has 1 aromatic carbocycles. The molecule has 0 saturated heterocycles. The van der Waals surface area contributed by atoms with Crippen molar-refractivity contribution < 1.29 is 14.6 Å². The molecule has 2 unspecified atom stereocenters. The molecule has 0 radical (unpaired) electrons. The van der Waals surface area contributed by atoms with Crippen LogP contribution in [0.3, 0.4) is 0 Å². The maximum absolute atomic E-state index is 12.6. The Labute approximate surface area is 126 Å². The molecule has 1 aliphatic heterocycles. The van der Waals surface area contributed by atoms with Crippen LogP contribution in [-0.2, 0) is 0 Å². The fourth-order valence-electron chi connectivity index (χ4n) is 2.76. The van der Waals surface area contributed by atoms with Gasteiger partial charge in [0.2, 0.25) is 0 Å². The minimum Gasteiger partial charge on any atom is -0.489 e. The van der Waals surface area contributed by atoms with Gasteiger partial charge in [0.15, 0.2) is 0 Å². The van der Waals surface area contributed by atoms with Crippen LogP contribution < -0.4 is 10.1 Å². The summed E-state index contributed by atoms with van der Waals surface area (Å²) in [4.78, 5) is 12.6. The molecule has 2 N–H and O–H groups in total. The van der Waals surface area contributed by atoms with Crippen LogP contribution in [0.5, 0.6) is 5.75 Å². The van der Waals surface area contributed by atoms with E-state index in [1.807, 2.05) is 32.9 Å². The molecule has 0 fully saturated rings. The summed E-state index contributed by atoms with van der Waals surface area (Å²) in [6.45, 7) is 8.00. The molecule has 21 heavy (non-hydrogen) atoms. The minimum atomic E-state index is -0.560. The predicted octanol–water partition coefficient (Wildman–Crippen LogP) is 2.85. The highest BCUT2D eigenvalue weighted by Gasteiger charge is 2.33.